The van der Waals surface area contributed by atoms with Crippen LogP contribution in [0.25, 0.3) is 0 Å². The van der Waals surface area contributed by atoms with Gasteiger partial charge >= 0.3 is 0 Å². The molecule has 2 aromatic carbocycles. The van der Waals surface area contributed by atoms with E-state index < -0.39 is 9.84 Å². The molecule has 162 valence electrons. The lowest BCUT2D eigenvalue weighted by Crippen LogP contribution is -2.40. The van der Waals surface area contributed by atoms with E-state index in [0.29, 0.717) is 31.1 Å². The van der Waals surface area contributed by atoms with Crippen molar-refractivity contribution >= 4 is 15.7 Å². The van der Waals surface area contributed by atoms with Crippen LogP contribution >= 0.6 is 0 Å². The fourth-order valence-electron chi connectivity index (χ4n) is 3.67. The van der Waals surface area contributed by atoms with E-state index in [1.54, 1.807) is 29.2 Å². The Hall–Kier alpha value is -2.34. The van der Waals surface area contributed by atoms with Crippen molar-refractivity contribution in [3.63, 3.8) is 0 Å². The summed E-state index contributed by atoms with van der Waals surface area (Å²) in [4.78, 5) is 15.1. The first-order valence-corrected chi connectivity index (χ1v) is 12.4. The van der Waals surface area contributed by atoms with Gasteiger partial charge in [-0.3, -0.25) is 4.79 Å². The molecule has 1 aliphatic rings. The molecule has 0 saturated carbocycles. The summed E-state index contributed by atoms with van der Waals surface area (Å²) in [5.74, 6) is 1.18. The molecule has 1 atom stereocenters. The third-order valence-corrected chi connectivity index (χ3v) is 7.23. The van der Waals surface area contributed by atoms with Gasteiger partial charge in [-0.15, -0.1) is 0 Å². The van der Waals surface area contributed by atoms with Crippen molar-refractivity contribution in [2.75, 3.05) is 18.1 Å². The Bertz CT molecular complexity index is 950. The number of carbonyl (C=O) groups excluding carboxylic acids is 1. The van der Waals surface area contributed by atoms with E-state index in [0.717, 1.165) is 17.7 Å². The number of ether oxygens (including phenoxy) is 1. The summed E-state index contributed by atoms with van der Waals surface area (Å²) in [6, 6.07) is 15.0. The van der Waals surface area contributed by atoms with Crippen LogP contribution in [-0.2, 0) is 16.4 Å². The van der Waals surface area contributed by atoms with Gasteiger partial charge in [0.15, 0.2) is 9.84 Å². The Balaban J connectivity index is 1.82. The molecule has 0 radical (unpaired) electrons. The van der Waals surface area contributed by atoms with Crippen LogP contribution < -0.4 is 4.74 Å². The Kier molecular flexibility index (Phi) is 7.19. The van der Waals surface area contributed by atoms with Crippen LogP contribution in [-0.4, -0.2) is 43.4 Å². The van der Waals surface area contributed by atoms with Gasteiger partial charge in [0.25, 0.3) is 5.91 Å². The molecule has 3 rings (SSSR count). The first kappa shape index (κ1) is 22.3. The molecular formula is C24H31NO4S. The Morgan fingerprint density at radius 1 is 1.10 bits per heavy atom. The normalized spacial score (nSPS) is 17.8. The molecule has 0 aliphatic carbocycles. The molecule has 1 amide bonds. The summed E-state index contributed by atoms with van der Waals surface area (Å²) >= 11 is 0. The van der Waals surface area contributed by atoms with Gasteiger partial charge in [0.2, 0.25) is 0 Å². The predicted octanol–water partition coefficient (Wildman–Crippen LogP) is 4.43. The van der Waals surface area contributed by atoms with E-state index >= 15 is 0 Å². The fraction of sp³-hybridized carbons (Fsp3) is 0.458. The van der Waals surface area contributed by atoms with Gasteiger partial charge in [-0.25, -0.2) is 8.42 Å². The lowest BCUT2D eigenvalue weighted by molar-refractivity contribution is 0.0681. The minimum atomic E-state index is -3.10. The molecule has 1 unspecified atom stereocenters. The Morgan fingerprint density at radius 3 is 2.30 bits per heavy atom. The summed E-state index contributed by atoms with van der Waals surface area (Å²) in [7, 11) is -3.10. The lowest BCUT2D eigenvalue weighted by atomic mass is 10.0. The molecule has 6 heteroatoms. The van der Waals surface area contributed by atoms with Crippen LogP contribution in [0.4, 0.5) is 0 Å². The quantitative estimate of drug-likeness (QED) is 0.623. The fourth-order valence-corrected chi connectivity index (χ4v) is 5.40. The molecule has 0 spiro atoms. The monoisotopic (exact) mass is 429 g/mol. The molecule has 0 N–H and O–H groups in total. The van der Waals surface area contributed by atoms with Gasteiger partial charge in [0.05, 0.1) is 18.1 Å². The third-order valence-electron chi connectivity index (χ3n) is 5.48. The van der Waals surface area contributed by atoms with Gasteiger partial charge in [-0.05, 0) is 54.2 Å². The number of benzene rings is 2. The van der Waals surface area contributed by atoms with Gasteiger partial charge in [0.1, 0.15) is 5.75 Å². The molecule has 5 nitrogen and oxygen atoms in total. The van der Waals surface area contributed by atoms with E-state index in [1.165, 1.54) is 5.56 Å². The molecule has 1 aliphatic heterocycles. The number of amides is 1. The smallest absolute Gasteiger partial charge is 0.254 e. The molecule has 30 heavy (non-hydrogen) atoms. The van der Waals surface area contributed by atoms with Crippen LogP contribution in [0.3, 0.4) is 0 Å². The van der Waals surface area contributed by atoms with Crippen molar-refractivity contribution in [1.82, 2.24) is 4.90 Å². The number of carbonyl (C=O) groups is 1. The largest absolute Gasteiger partial charge is 0.494 e. The number of rotatable bonds is 8. The lowest BCUT2D eigenvalue weighted by Gasteiger charge is -2.29. The zero-order valence-corrected chi connectivity index (χ0v) is 18.8. The predicted molar refractivity (Wildman–Crippen MR) is 120 cm³/mol. The molecule has 1 saturated heterocycles. The maximum Gasteiger partial charge on any atom is 0.254 e. The summed E-state index contributed by atoms with van der Waals surface area (Å²) in [6.45, 7) is 7.35. The minimum absolute atomic E-state index is 0.0283. The van der Waals surface area contributed by atoms with Crippen LogP contribution in [0.1, 0.15) is 61.0 Å². The molecule has 2 aromatic rings. The highest BCUT2D eigenvalue weighted by atomic mass is 32.2. The second kappa shape index (κ2) is 9.65. The molecule has 1 heterocycles. The minimum Gasteiger partial charge on any atom is -0.494 e. The third kappa shape index (κ3) is 5.63. The second-order valence-electron chi connectivity index (χ2n) is 8.26. The van der Waals surface area contributed by atoms with Crippen molar-refractivity contribution < 1.29 is 17.9 Å². The average Bonchev–Trinajstić information content (AvgIpc) is 3.10. The van der Waals surface area contributed by atoms with Crippen LogP contribution in [0.15, 0.2) is 48.5 Å². The standard InChI is InChI=1S/C24H31NO4S/c1-4-14-29-23-11-9-21(10-12-23)24(26)25(22-13-15-30(27,28)17-22)16-19-5-7-20(8-6-19)18(2)3/h5-12,18,22H,4,13-17H2,1-3H3. The molecule has 0 aromatic heterocycles. The Morgan fingerprint density at radius 2 is 1.77 bits per heavy atom. The average molecular weight is 430 g/mol. The SMILES string of the molecule is CCCOc1ccc(C(=O)N(Cc2ccc(C(C)C)cc2)C2CCS(=O)(=O)C2)cc1. The van der Waals surface area contributed by atoms with Crippen molar-refractivity contribution in [2.45, 2.75) is 52.1 Å². The van der Waals surface area contributed by atoms with E-state index in [-0.39, 0.29) is 23.5 Å². The number of sulfone groups is 1. The van der Waals surface area contributed by atoms with Gasteiger partial charge in [-0.1, -0.05) is 45.0 Å². The number of hydrogen-bond donors (Lipinski definition) is 0. The number of hydrogen-bond acceptors (Lipinski definition) is 4. The van der Waals surface area contributed by atoms with E-state index in [2.05, 4.69) is 26.0 Å². The van der Waals surface area contributed by atoms with Gasteiger partial charge in [-0.2, -0.15) is 0 Å². The first-order valence-electron chi connectivity index (χ1n) is 10.6. The zero-order valence-electron chi connectivity index (χ0n) is 18.0. The summed E-state index contributed by atoms with van der Waals surface area (Å²) in [6.07, 6.45) is 1.40. The second-order valence-corrected chi connectivity index (χ2v) is 10.5. The van der Waals surface area contributed by atoms with Crippen molar-refractivity contribution in [3.05, 3.63) is 65.2 Å². The van der Waals surface area contributed by atoms with E-state index in [9.17, 15) is 13.2 Å². The Labute approximate surface area is 180 Å². The van der Waals surface area contributed by atoms with Crippen molar-refractivity contribution in [1.29, 1.82) is 0 Å². The van der Waals surface area contributed by atoms with Crippen LogP contribution in [0.5, 0.6) is 5.75 Å². The van der Waals surface area contributed by atoms with E-state index in [1.807, 2.05) is 19.1 Å². The summed E-state index contributed by atoms with van der Waals surface area (Å²) in [5.41, 5.74) is 2.78. The highest BCUT2D eigenvalue weighted by molar-refractivity contribution is 7.91. The van der Waals surface area contributed by atoms with Gasteiger partial charge in [0, 0.05) is 18.2 Å². The zero-order chi connectivity index (χ0) is 21.7. The highest BCUT2D eigenvalue weighted by Crippen LogP contribution is 2.24. The maximum absolute atomic E-state index is 13.3. The maximum atomic E-state index is 13.3. The number of nitrogens with zero attached hydrogens (tertiary/aromatic N) is 1. The summed E-state index contributed by atoms with van der Waals surface area (Å²) in [5, 5.41) is 0. The molecule has 0 bridgehead atoms. The van der Waals surface area contributed by atoms with E-state index in [4.69, 9.17) is 4.74 Å². The topological polar surface area (TPSA) is 63.7 Å². The highest BCUT2D eigenvalue weighted by Gasteiger charge is 2.35. The summed E-state index contributed by atoms with van der Waals surface area (Å²) < 4.78 is 29.7. The van der Waals surface area contributed by atoms with Gasteiger partial charge < -0.3 is 9.64 Å². The first-order chi connectivity index (χ1) is 14.3. The van der Waals surface area contributed by atoms with Crippen molar-refractivity contribution in [2.24, 2.45) is 0 Å². The van der Waals surface area contributed by atoms with Crippen LogP contribution in [0, 0.1) is 0 Å². The molecule has 1 fully saturated rings. The van der Waals surface area contributed by atoms with Crippen LogP contribution in [0.2, 0.25) is 0 Å². The van der Waals surface area contributed by atoms with Crippen molar-refractivity contribution in [3.8, 4) is 5.75 Å². The molecular weight excluding hydrogens is 398 g/mol.